The highest BCUT2D eigenvalue weighted by molar-refractivity contribution is 9.11. The summed E-state index contributed by atoms with van der Waals surface area (Å²) in [7, 11) is 0. The van der Waals surface area contributed by atoms with Crippen LogP contribution in [0.15, 0.2) is 34.1 Å². The monoisotopic (exact) mass is 399 g/mol. The fraction of sp³-hybridized carbons (Fsp3) is 0.267. The molecule has 0 bridgehead atoms. The molecule has 0 radical (unpaired) electrons. The van der Waals surface area contributed by atoms with Gasteiger partial charge in [-0.05, 0) is 46.3 Å². The average molecular weight is 400 g/mol. The Morgan fingerprint density at radius 1 is 1.27 bits per heavy atom. The Balaban J connectivity index is 1.41. The van der Waals surface area contributed by atoms with E-state index in [0.29, 0.717) is 23.6 Å². The lowest BCUT2D eigenvalue weighted by atomic mass is 10.2. The van der Waals surface area contributed by atoms with E-state index in [4.69, 9.17) is 9.47 Å². The second kappa shape index (κ2) is 7.39. The van der Waals surface area contributed by atoms with Crippen molar-refractivity contribution in [3.8, 4) is 11.5 Å². The molecule has 1 aliphatic heterocycles. The number of hydrogen-bond donors (Lipinski definition) is 1. The summed E-state index contributed by atoms with van der Waals surface area (Å²) < 4.78 is 11.7. The van der Waals surface area contributed by atoms with Crippen molar-refractivity contribution in [2.45, 2.75) is 5.75 Å². The highest BCUT2D eigenvalue weighted by atomic mass is 79.9. The number of carbonyl (C=O) groups is 1. The first-order valence-corrected chi connectivity index (χ1v) is 9.48. The lowest BCUT2D eigenvalue weighted by molar-refractivity contribution is 0.0955. The minimum Gasteiger partial charge on any atom is -0.454 e. The normalized spacial score (nSPS) is 12.4. The number of benzene rings is 1. The van der Waals surface area contributed by atoms with Crippen LogP contribution in [0.5, 0.6) is 11.5 Å². The lowest BCUT2D eigenvalue weighted by Gasteiger charge is -2.05. The molecule has 0 saturated heterocycles. The second-order valence-electron chi connectivity index (χ2n) is 4.58. The van der Waals surface area contributed by atoms with Crippen LogP contribution in [0, 0.1) is 0 Å². The maximum absolute atomic E-state index is 12.1. The molecular weight excluding hydrogens is 386 g/mol. The fourth-order valence-corrected chi connectivity index (χ4v) is 4.43. The molecule has 1 aromatic carbocycles. The summed E-state index contributed by atoms with van der Waals surface area (Å²) in [6.45, 7) is 0.861. The largest absolute Gasteiger partial charge is 0.454 e. The Kier molecular flexibility index (Phi) is 5.28. The molecule has 1 amide bonds. The third-order valence-corrected chi connectivity index (χ3v) is 5.85. The number of fused-ring (bicyclic) bond motifs is 1. The lowest BCUT2D eigenvalue weighted by Crippen LogP contribution is -2.25. The number of thioether (sulfide) groups is 1. The van der Waals surface area contributed by atoms with Crippen molar-refractivity contribution in [1.82, 2.24) is 5.32 Å². The first kappa shape index (κ1) is 15.7. The number of carbonyl (C=O) groups excluding carboxylic acids is 1. The van der Waals surface area contributed by atoms with Gasteiger partial charge in [0.15, 0.2) is 11.5 Å². The third-order valence-electron chi connectivity index (χ3n) is 3.04. The van der Waals surface area contributed by atoms with Gasteiger partial charge in [0.05, 0.1) is 3.79 Å². The summed E-state index contributed by atoms with van der Waals surface area (Å²) in [5.41, 5.74) is 0.594. The van der Waals surface area contributed by atoms with Crippen LogP contribution < -0.4 is 14.8 Å². The molecule has 116 valence electrons. The van der Waals surface area contributed by atoms with Crippen LogP contribution in [0.2, 0.25) is 0 Å². The molecule has 0 spiro atoms. The Morgan fingerprint density at radius 3 is 2.95 bits per heavy atom. The first-order chi connectivity index (χ1) is 10.7. The quantitative estimate of drug-likeness (QED) is 0.748. The number of rotatable bonds is 6. The Hall–Kier alpha value is -1.18. The smallest absolute Gasteiger partial charge is 0.251 e. The van der Waals surface area contributed by atoms with Crippen molar-refractivity contribution in [2.75, 3.05) is 19.1 Å². The number of amides is 1. The van der Waals surface area contributed by atoms with E-state index >= 15 is 0 Å². The van der Waals surface area contributed by atoms with E-state index in [9.17, 15) is 4.79 Å². The fourth-order valence-electron chi connectivity index (χ4n) is 1.98. The number of ether oxygens (including phenoxy) is 2. The summed E-state index contributed by atoms with van der Waals surface area (Å²) in [5, 5.41) is 2.92. The van der Waals surface area contributed by atoms with Gasteiger partial charge in [0.1, 0.15) is 0 Å². The second-order valence-corrected chi connectivity index (χ2v) is 8.24. The zero-order chi connectivity index (χ0) is 15.4. The zero-order valence-corrected chi connectivity index (χ0v) is 14.9. The van der Waals surface area contributed by atoms with Gasteiger partial charge < -0.3 is 14.8 Å². The highest BCUT2D eigenvalue weighted by Crippen LogP contribution is 2.32. The molecule has 1 N–H and O–H groups in total. The SMILES string of the molecule is O=C(NCCSCc1ccc(Br)s1)c1ccc2c(c1)OCO2. The van der Waals surface area contributed by atoms with Crippen LogP contribution in [-0.4, -0.2) is 25.0 Å². The minimum absolute atomic E-state index is 0.0854. The maximum atomic E-state index is 12.1. The minimum atomic E-state index is -0.0854. The molecule has 2 aromatic rings. The van der Waals surface area contributed by atoms with Gasteiger partial charge in [-0.2, -0.15) is 11.8 Å². The van der Waals surface area contributed by atoms with E-state index in [2.05, 4.69) is 33.4 Å². The standard InChI is InChI=1S/C15H14BrNO3S2/c16-14-4-2-11(22-14)8-21-6-5-17-15(18)10-1-3-12-13(7-10)20-9-19-12/h1-4,7H,5-6,8-9H2,(H,17,18). The molecule has 4 nitrogen and oxygen atoms in total. The van der Waals surface area contributed by atoms with E-state index in [1.165, 1.54) is 4.88 Å². The zero-order valence-electron chi connectivity index (χ0n) is 11.6. The molecule has 3 rings (SSSR count). The van der Waals surface area contributed by atoms with E-state index in [-0.39, 0.29) is 12.7 Å². The van der Waals surface area contributed by atoms with Gasteiger partial charge in [0.25, 0.3) is 5.91 Å². The highest BCUT2D eigenvalue weighted by Gasteiger charge is 2.15. The molecular formula is C15H14BrNO3S2. The molecule has 0 fully saturated rings. The summed E-state index contributed by atoms with van der Waals surface area (Å²) in [6, 6.07) is 9.41. The Bertz CT molecular complexity index is 675. The summed E-state index contributed by atoms with van der Waals surface area (Å²) in [4.78, 5) is 13.4. The van der Waals surface area contributed by atoms with Crippen LogP contribution in [0.1, 0.15) is 15.2 Å². The molecule has 1 aliphatic rings. The van der Waals surface area contributed by atoms with E-state index in [1.807, 2.05) is 11.8 Å². The summed E-state index contributed by atoms with van der Waals surface area (Å²) in [5.74, 6) is 3.08. The average Bonchev–Trinajstić information content (AvgIpc) is 3.14. The molecule has 0 unspecified atom stereocenters. The third kappa shape index (κ3) is 3.97. The molecule has 0 aliphatic carbocycles. The van der Waals surface area contributed by atoms with Gasteiger partial charge in [-0.1, -0.05) is 0 Å². The van der Waals surface area contributed by atoms with Crippen molar-refractivity contribution < 1.29 is 14.3 Å². The Morgan fingerprint density at radius 2 is 2.14 bits per heavy atom. The molecule has 1 aromatic heterocycles. The Labute approximate surface area is 145 Å². The summed E-state index contributed by atoms with van der Waals surface area (Å²) >= 11 is 7.00. The molecule has 22 heavy (non-hydrogen) atoms. The van der Waals surface area contributed by atoms with Gasteiger partial charge in [-0.15, -0.1) is 11.3 Å². The van der Waals surface area contributed by atoms with Gasteiger partial charge in [-0.25, -0.2) is 0 Å². The number of nitrogens with one attached hydrogen (secondary N) is 1. The molecule has 0 atom stereocenters. The van der Waals surface area contributed by atoms with Crippen LogP contribution in [0.25, 0.3) is 0 Å². The van der Waals surface area contributed by atoms with E-state index in [0.717, 1.165) is 15.3 Å². The predicted molar refractivity (Wildman–Crippen MR) is 93.1 cm³/mol. The number of thiophene rings is 1. The van der Waals surface area contributed by atoms with Crippen LogP contribution in [0.4, 0.5) is 0 Å². The van der Waals surface area contributed by atoms with Gasteiger partial charge in [0.2, 0.25) is 6.79 Å². The first-order valence-electron chi connectivity index (χ1n) is 6.72. The van der Waals surface area contributed by atoms with Crippen LogP contribution in [0.3, 0.4) is 0 Å². The predicted octanol–water partition coefficient (Wildman–Crippen LogP) is 3.90. The number of hydrogen-bond acceptors (Lipinski definition) is 5. The molecule has 0 saturated carbocycles. The number of halogens is 1. The van der Waals surface area contributed by atoms with Crippen LogP contribution >= 0.6 is 39.0 Å². The van der Waals surface area contributed by atoms with Gasteiger partial charge in [0, 0.05) is 28.5 Å². The van der Waals surface area contributed by atoms with Gasteiger partial charge >= 0.3 is 0 Å². The maximum Gasteiger partial charge on any atom is 0.251 e. The van der Waals surface area contributed by atoms with Gasteiger partial charge in [-0.3, -0.25) is 4.79 Å². The molecule has 7 heteroatoms. The van der Waals surface area contributed by atoms with Crippen molar-refractivity contribution in [3.05, 3.63) is 44.6 Å². The van der Waals surface area contributed by atoms with Crippen molar-refractivity contribution in [2.24, 2.45) is 0 Å². The van der Waals surface area contributed by atoms with Crippen LogP contribution in [-0.2, 0) is 5.75 Å². The molecule has 2 heterocycles. The van der Waals surface area contributed by atoms with E-state index in [1.54, 1.807) is 29.5 Å². The van der Waals surface area contributed by atoms with Crippen molar-refractivity contribution in [1.29, 1.82) is 0 Å². The van der Waals surface area contributed by atoms with E-state index < -0.39 is 0 Å². The summed E-state index contributed by atoms with van der Waals surface area (Å²) in [6.07, 6.45) is 0. The van der Waals surface area contributed by atoms with Crippen molar-refractivity contribution >= 4 is 44.9 Å². The topological polar surface area (TPSA) is 47.6 Å². The van der Waals surface area contributed by atoms with Crippen molar-refractivity contribution in [3.63, 3.8) is 0 Å².